The summed E-state index contributed by atoms with van der Waals surface area (Å²) in [6.07, 6.45) is 1.69. The zero-order valence-corrected chi connectivity index (χ0v) is 13.6. The molecule has 0 aliphatic heterocycles. The minimum atomic E-state index is 0. The van der Waals surface area contributed by atoms with Crippen molar-refractivity contribution >= 4 is 50.8 Å². The van der Waals surface area contributed by atoms with Gasteiger partial charge in [-0.2, -0.15) is 5.10 Å². The van der Waals surface area contributed by atoms with Crippen molar-refractivity contribution in [3.63, 3.8) is 0 Å². The number of nitrogens with zero attached hydrogens (tertiary/aromatic N) is 6. The SMILES string of the molecule is C.Cl.Nc1cn2nc(Cn3nnc4ccc(Br)cc43)ccc2n1. The number of hydrogen-bond acceptors (Lipinski definition) is 5. The molecular formula is C14H15BrClN7. The second kappa shape index (κ2) is 6.51. The number of halogens is 2. The zero-order chi connectivity index (χ0) is 14.4. The van der Waals surface area contributed by atoms with Gasteiger partial charge in [0.1, 0.15) is 11.3 Å². The molecule has 0 amide bonds. The highest BCUT2D eigenvalue weighted by molar-refractivity contribution is 9.10. The highest BCUT2D eigenvalue weighted by Crippen LogP contribution is 2.18. The van der Waals surface area contributed by atoms with E-state index in [-0.39, 0.29) is 19.8 Å². The van der Waals surface area contributed by atoms with E-state index < -0.39 is 0 Å². The molecule has 0 spiro atoms. The van der Waals surface area contributed by atoms with Crippen LogP contribution in [0.2, 0.25) is 0 Å². The first-order valence-corrected chi connectivity index (χ1v) is 7.08. The summed E-state index contributed by atoms with van der Waals surface area (Å²) in [5.74, 6) is 0.454. The summed E-state index contributed by atoms with van der Waals surface area (Å²) < 4.78 is 4.47. The summed E-state index contributed by atoms with van der Waals surface area (Å²) in [4.78, 5) is 4.15. The predicted octanol–water partition coefficient (Wildman–Crippen LogP) is 2.92. The maximum absolute atomic E-state index is 5.66. The molecule has 2 N–H and O–H groups in total. The van der Waals surface area contributed by atoms with Crippen molar-refractivity contribution in [3.05, 3.63) is 46.7 Å². The molecule has 9 heteroatoms. The highest BCUT2D eigenvalue weighted by Gasteiger charge is 2.07. The molecule has 0 saturated carbocycles. The third-order valence-corrected chi connectivity index (χ3v) is 3.67. The number of imidazole rings is 1. The maximum Gasteiger partial charge on any atom is 0.155 e. The summed E-state index contributed by atoms with van der Waals surface area (Å²) in [5.41, 5.74) is 9.05. The quantitative estimate of drug-likeness (QED) is 0.563. The van der Waals surface area contributed by atoms with Gasteiger partial charge < -0.3 is 5.73 Å². The Bertz CT molecular complexity index is 962. The van der Waals surface area contributed by atoms with E-state index >= 15 is 0 Å². The second-order valence-electron chi connectivity index (χ2n) is 4.67. The van der Waals surface area contributed by atoms with Crippen molar-refractivity contribution in [2.24, 2.45) is 0 Å². The molecule has 0 bridgehead atoms. The van der Waals surface area contributed by atoms with Crippen LogP contribution in [0.3, 0.4) is 0 Å². The van der Waals surface area contributed by atoms with Crippen LogP contribution in [-0.2, 0) is 6.54 Å². The van der Waals surface area contributed by atoms with Crippen LogP contribution in [0, 0.1) is 0 Å². The van der Waals surface area contributed by atoms with Crippen molar-refractivity contribution in [2.75, 3.05) is 5.73 Å². The molecule has 1 aromatic carbocycles. The van der Waals surface area contributed by atoms with Gasteiger partial charge in [0.2, 0.25) is 0 Å². The largest absolute Gasteiger partial charge is 0.382 e. The number of rotatable bonds is 2. The minimum Gasteiger partial charge on any atom is -0.382 e. The normalized spacial score (nSPS) is 10.5. The Kier molecular flexibility index (Phi) is 4.86. The standard InChI is InChI=1S/C13H10BrN7.CH4.ClH/c14-8-1-3-10-11(5-8)20(19-17-10)6-9-2-4-13-16-12(15)7-21(13)18-9;;/h1-5,7H,6,15H2;1H4;1H. The molecule has 0 aliphatic carbocycles. The van der Waals surface area contributed by atoms with Crippen molar-refractivity contribution in [1.82, 2.24) is 29.6 Å². The first-order chi connectivity index (χ1) is 10.2. The average molecular weight is 397 g/mol. The summed E-state index contributed by atoms with van der Waals surface area (Å²) in [6.45, 7) is 0.529. The molecule has 7 nitrogen and oxygen atoms in total. The summed E-state index contributed by atoms with van der Waals surface area (Å²) >= 11 is 3.46. The summed E-state index contributed by atoms with van der Waals surface area (Å²) in [7, 11) is 0. The topological polar surface area (TPSA) is 86.9 Å². The van der Waals surface area contributed by atoms with Gasteiger partial charge in [0.25, 0.3) is 0 Å². The van der Waals surface area contributed by atoms with Gasteiger partial charge in [-0.3, -0.25) is 0 Å². The minimum absolute atomic E-state index is 0. The molecule has 0 atom stereocenters. The van der Waals surface area contributed by atoms with E-state index in [1.807, 2.05) is 35.0 Å². The van der Waals surface area contributed by atoms with Gasteiger partial charge in [-0.25, -0.2) is 14.2 Å². The van der Waals surface area contributed by atoms with Gasteiger partial charge in [-0.05, 0) is 30.3 Å². The first-order valence-electron chi connectivity index (χ1n) is 6.28. The predicted molar refractivity (Wildman–Crippen MR) is 95.7 cm³/mol. The number of nitrogens with two attached hydrogens (primary N) is 1. The van der Waals surface area contributed by atoms with Crippen molar-refractivity contribution in [2.45, 2.75) is 14.0 Å². The lowest BCUT2D eigenvalue weighted by atomic mass is 10.3. The van der Waals surface area contributed by atoms with E-state index in [0.29, 0.717) is 12.4 Å². The van der Waals surface area contributed by atoms with Crippen LogP contribution in [-0.4, -0.2) is 29.6 Å². The monoisotopic (exact) mass is 395 g/mol. The Morgan fingerprint density at radius 2 is 2.00 bits per heavy atom. The van der Waals surface area contributed by atoms with Gasteiger partial charge in [0, 0.05) is 4.47 Å². The summed E-state index contributed by atoms with van der Waals surface area (Å²) in [5, 5.41) is 12.8. The molecule has 0 fully saturated rings. The van der Waals surface area contributed by atoms with E-state index in [9.17, 15) is 0 Å². The molecule has 0 saturated heterocycles. The maximum atomic E-state index is 5.66. The Labute approximate surface area is 147 Å². The van der Waals surface area contributed by atoms with E-state index in [1.54, 1.807) is 10.7 Å². The lowest BCUT2D eigenvalue weighted by Gasteiger charge is -2.02. The van der Waals surface area contributed by atoms with Gasteiger partial charge >= 0.3 is 0 Å². The van der Waals surface area contributed by atoms with E-state index in [1.165, 1.54) is 0 Å². The Morgan fingerprint density at radius 3 is 2.83 bits per heavy atom. The molecule has 4 rings (SSSR count). The van der Waals surface area contributed by atoms with Crippen molar-refractivity contribution in [3.8, 4) is 0 Å². The lowest BCUT2D eigenvalue weighted by molar-refractivity contribution is 0.646. The van der Waals surface area contributed by atoms with Gasteiger partial charge in [0.05, 0.1) is 24.0 Å². The van der Waals surface area contributed by atoms with Crippen LogP contribution in [0.5, 0.6) is 0 Å². The van der Waals surface area contributed by atoms with Crippen LogP contribution in [0.4, 0.5) is 5.82 Å². The van der Waals surface area contributed by atoms with Gasteiger partial charge in [0.15, 0.2) is 5.65 Å². The number of nitrogen functional groups attached to an aromatic ring is 1. The molecule has 3 aromatic heterocycles. The highest BCUT2D eigenvalue weighted by atomic mass is 79.9. The van der Waals surface area contributed by atoms with Gasteiger partial charge in [-0.15, -0.1) is 17.5 Å². The van der Waals surface area contributed by atoms with Crippen LogP contribution < -0.4 is 5.73 Å². The molecule has 0 aliphatic rings. The number of benzene rings is 1. The van der Waals surface area contributed by atoms with Crippen molar-refractivity contribution < 1.29 is 0 Å². The fourth-order valence-electron chi connectivity index (χ4n) is 2.23. The third-order valence-electron chi connectivity index (χ3n) is 3.18. The molecule has 4 aromatic rings. The first kappa shape index (κ1) is 17.2. The van der Waals surface area contributed by atoms with E-state index in [2.05, 4.69) is 36.3 Å². The molecule has 0 radical (unpaired) electrons. The fourth-order valence-corrected chi connectivity index (χ4v) is 2.58. The van der Waals surface area contributed by atoms with Crippen LogP contribution in [0.15, 0.2) is 41.0 Å². The smallest absolute Gasteiger partial charge is 0.155 e. The van der Waals surface area contributed by atoms with Crippen LogP contribution >= 0.6 is 28.3 Å². The fraction of sp³-hybridized carbons (Fsp3) is 0.143. The van der Waals surface area contributed by atoms with E-state index in [0.717, 1.165) is 26.8 Å². The second-order valence-corrected chi connectivity index (χ2v) is 5.59. The molecule has 23 heavy (non-hydrogen) atoms. The number of anilines is 1. The van der Waals surface area contributed by atoms with Crippen LogP contribution in [0.1, 0.15) is 13.1 Å². The van der Waals surface area contributed by atoms with Gasteiger partial charge in [-0.1, -0.05) is 28.6 Å². The third kappa shape index (κ3) is 3.13. The molecular weight excluding hydrogens is 382 g/mol. The molecule has 0 unspecified atom stereocenters. The Balaban J connectivity index is 0.000000960. The summed E-state index contributed by atoms with van der Waals surface area (Å²) in [6, 6.07) is 9.65. The Morgan fingerprint density at radius 1 is 1.17 bits per heavy atom. The number of aromatic nitrogens is 6. The number of fused-ring (bicyclic) bond motifs is 2. The average Bonchev–Trinajstić information content (AvgIpc) is 3.01. The lowest BCUT2D eigenvalue weighted by Crippen LogP contribution is -2.06. The van der Waals surface area contributed by atoms with Crippen LogP contribution in [0.25, 0.3) is 16.7 Å². The Hall–Kier alpha value is -2.19. The molecule has 3 heterocycles. The van der Waals surface area contributed by atoms with E-state index in [4.69, 9.17) is 5.73 Å². The van der Waals surface area contributed by atoms with Crippen molar-refractivity contribution in [1.29, 1.82) is 0 Å². The molecule has 120 valence electrons. The number of hydrogen-bond donors (Lipinski definition) is 1. The zero-order valence-electron chi connectivity index (χ0n) is 11.2.